The maximum absolute atomic E-state index is 12.5. The second-order valence-electron chi connectivity index (χ2n) is 5.18. The van der Waals surface area contributed by atoms with Crippen LogP contribution in [0.1, 0.15) is 25.5 Å². The van der Waals surface area contributed by atoms with Crippen LogP contribution in [0.25, 0.3) is 0 Å². The molecule has 1 heterocycles. The summed E-state index contributed by atoms with van der Waals surface area (Å²) in [4.78, 5) is 24.3. The van der Waals surface area contributed by atoms with Gasteiger partial charge in [0.25, 0.3) is 0 Å². The van der Waals surface area contributed by atoms with Crippen molar-refractivity contribution >= 4 is 23.8 Å². The second-order valence-corrected chi connectivity index (χ2v) is 6.57. The number of rotatable bonds is 7. The van der Waals surface area contributed by atoms with E-state index >= 15 is 0 Å². The third kappa shape index (κ3) is 4.44. The predicted molar refractivity (Wildman–Crippen MR) is 94.1 cm³/mol. The lowest BCUT2D eigenvalue weighted by Crippen LogP contribution is -2.45. The van der Waals surface area contributed by atoms with Gasteiger partial charge in [-0.3, -0.25) is 0 Å². The van der Waals surface area contributed by atoms with Crippen LogP contribution in [0.5, 0.6) is 5.75 Å². The van der Waals surface area contributed by atoms with E-state index in [1.807, 2.05) is 12.1 Å². The van der Waals surface area contributed by atoms with Gasteiger partial charge in [-0.15, -0.1) is 0 Å². The van der Waals surface area contributed by atoms with Gasteiger partial charge in [0.15, 0.2) is 0 Å². The molecular formula is C17H22N2O4S. The average molecular weight is 350 g/mol. The third-order valence-electron chi connectivity index (χ3n) is 3.60. The Kier molecular flexibility index (Phi) is 6.54. The fraction of sp³-hybridized carbons (Fsp3) is 0.412. The van der Waals surface area contributed by atoms with Crippen LogP contribution in [-0.4, -0.2) is 37.2 Å². The van der Waals surface area contributed by atoms with Gasteiger partial charge in [0.05, 0.1) is 18.7 Å². The van der Waals surface area contributed by atoms with Crippen molar-refractivity contribution < 1.29 is 19.1 Å². The van der Waals surface area contributed by atoms with Crippen molar-refractivity contribution in [2.24, 2.45) is 0 Å². The molecule has 130 valence electrons. The van der Waals surface area contributed by atoms with Crippen molar-refractivity contribution in [2.75, 3.05) is 25.2 Å². The first-order valence-corrected chi connectivity index (χ1v) is 8.89. The van der Waals surface area contributed by atoms with Crippen LogP contribution >= 0.6 is 11.8 Å². The van der Waals surface area contributed by atoms with Crippen molar-refractivity contribution in [3.63, 3.8) is 0 Å². The number of carbonyl (C=O) groups is 2. The number of urea groups is 1. The molecule has 2 amide bonds. The SMILES string of the molecule is CCSCCOC(=O)C1=C(C)NC(=O)N[C@@H]1c1ccc(OC)cc1. The summed E-state index contributed by atoms with van der Waals surface area (Å²) in [6.45, 7) is 4.10. The normalized spacial score (nSPS) is 17.1. The van der Waals surface area contributed by atoms with Gasteiger partial charge in [-0.05, 0) is 30.4 Å². The number of benzene rings is 1. The van der Waals surface area contributed by atoms with E-state index in [1.165, 1.54) is 0 Å². The van der Waals surface area contributed by atoms with Crippen LogP contribution in [0, 0.1) is 0 Å². The van der Waals surface area contributed by atoms with E-state index in [0.29, 0.717) is 23.6 Å². The standard InChI is InChI=1S/C17H22N2O4S/c1-4-24-10-9-23-16(20)14-11(2)18-17(21)19-15(14)12-5-7-13(22-3)8-6-12/h5-8,15H,4,9-10H2,1-3H3,(H2,18,19,21)/t15-/m1/s1. The number of thioether (sulfide) groups is 1. The van der Waals surface area contributed by atoms with Crippen LogP contribution < -0.4 is 15.4 Å². The maximum Gasteiger partial charge on any atom is 0.338 e. The van der Waals surface area contributed by atoms with Gasteiger partial charge in [-0.1, -0.05) is 19.1 Å². The predicted octanol–water partition coefficient (Wildman–Crippen LogP) is 2.62. The molecule has 1 aromatic rings. The molecule has 6 nitrogen and oxygen atoms in total. The van der Waals surface area contributed by atoms with Crippen LogP contribution in [0.3, 0.4) is 0 Å². The summed E-state index contributed by atoms with van der Waals surface area (Å²) in [7, 11) is 1.59. The molecule has 24 heavy (non-hydrogen) atoms. The highest BCUT2D eigenvalue weighted by atomic mass is 32.2. The van der Waals surface area contributed by atoms with Gasteiger partial charge in [0.1, 0.15) is 12.4 Å². The van der Waals surface area contributed by atoms with Crippen molar-refractivity contribution in [3.8, 4) is 5.75 Å². The van der Waals surface area contributed by atoms with Gasteiger partial charge < -0.3 is 20.1 Å². The largest absolute Gasteiger partial charge is 0.497 e. The van der Waals surface area contributed by atoms with Crippen LogP contribution in [0.4, 0.5) is 4.79 Å². The number of methoxy groups -OCH3 is 1. The summed E-state index contributed by atoms with van der Waals surface area (Å²) in [5, 5.41) is 5.41. The number of carbonyl (C=O) groups excluding carboxylic acids is 2. The Bertz CT molecular complexity index is 628. The zero-order valence-corrected chi connectivity index (χ0v) is 14.9. The van der Waals surface area contributed by atoms with Crippen LogP contribution in [0.2, 0.25) is 0 Å². The molecule has 0 fully saturated rings. The lowest BCUT2D eigenvalue weighted by Gasteiger charge is -2.28. The Labute approximate surface area is 146 Å². The monoisotopic (exact) mass is 350 g/mol. The number of nitrogens with one attached hydrogen (secondary N) is 2. The zero-order valence-electron chi connectivity index (χ0n) is 14.0. The van der Waals surface area contributed by atoms with Gasteiger partial charge in [-0.2, -0.15) is 11.8 Å². The molecular weight excluding hydrogens is 328 g/mol. The van der Waals surface area contributed by atoms with Gasteiger partial charge >= 0.3 is 12.0 Å². The Morgan fingerprint density at radius 2 is 2.00 bits per heavy atom. The topological polar surface area (TPSA) is 76.7 Å². The number of esters is 1. The fourth-order valence-electron chi connectivity index (χ4n) is 2.43. The fourth-order valence-corrected chi connectivity index (χ4v) is 2.92. The highest BCUT2D eigenvalue weighted by molar-refractivity contribution is 7.99. The van der Waals surface area contributed by atoms with Gasteiger partial charge in [0, 0.05) is 11.4 Å². The van der Waals surface area contributed by atoms with Crippen molar-refractivity contribution in [1.29, 1.82) is 0 Å². The van der Waals surface area contributed by atoms with E-state index in [-0.39, 0.29) is 6.03 Å². The highest BCUT2D eigenvalue weighted by Crippen LogP contribution is 2.28. The Balaban J connectivity index is 2.21. The molecule has 1 aromatic carbocycles. The van der Waals surface area contributed by atoms with Crippen molar-refractivity contribution in [2.45, 2.75) is 19.9 Å². The molecule has 1 aliphatic heterocycles. The molecule has 0 unspecified atom stereocenters. The van der Waals surface area contributed by atoms with Gasteiger partial charge in [0.2, 0.25) is 0 Å². The summed E-state index contributed by atoms with van der Waals surface area (Å²) in [6.07, 6.45) is 0. The highest BCUT2D eigenvalue weighted by Gasteiger charge is 2.32. The number of ether oxygens (including phenoxy) is 2. The first-order valence-electron chi connectivity index (χ1n) is 7.74. The van der Waals surface area contributed by atoms with E-state index in [9.17, 15) is 9.59 Å². The molecule has 0 aliphatic carbocycles. The van der Waals surface area contributed by atoms with E-state index in [2.05, 4.69) is 17.6 Å². The summed E-state index contributed by atoms with van der Waals surface area (Å²) < 4.78 is 10.5. The molecule has 2 N–H and O–H groups in total. The minimum absolute atomic E-state index is 0.341. The summed E-state index contributed by atoms with van der Waals surface area (Å²) >= 11 is 1.71. The summed E-state index contributed by atoms with van der Waals surface area (Å²) in [5.74, 6) is 2.02. The Morgan fingerprint density at radius 1 is 1.29 bits per heavy atom. The first-order chi connectivity index (χ1) is 11.6. The Morgan fingerprint density at radius 3 is 2.62 bits per heavy atom. The van der Waals surface area contributed by atoms with E-state index < -0.39 is 12.0 Å². The second kappa shape index (κ2) is 8.63. The zero-order chi connectivity index (χ0) is 17.5. The molecule has 0 spiro atoms. The van der Waals surface area contributed by atoms with Crippen molar-refractivity contribution in [3.05, 3.63) is 41.1 Å². The minimum Gasteiger partial charge on any atom is -0.497 e. The molecule has 1 atom stereocenters. The van der Waals surface area contributed by atoms with E-state index in [4.69, 9.17) is 9.47 Å². The lowest BCUT2D eigenvalue weighted by molar-refractivity contribution is -0.138. The molecule has 0 saturated carbocycles. The third-order valence-corrected chi connectivity index (χ3v) is 4.47. The maximum atomic E-state index is 12.5. The quantitative estimate of drug-likeness (QED) is 0.584. The molecule has 1 aliphatic rings. The molecule has 0 aromatic heterocycles. The van der Waals surface area contributed by atoms with Crippen molar-refractivity contribution in [1.82, 2.24) is 10.6 Å². The number of allylic oxidation sites excluding steroid dienone is 1. The molecule has 0 bridgehead atoms. The van der Waals surface area contributed by atoms with Crippen LogP contribution in [0.15, 0.2) is 35.5 Å². The van der Waals surface area contributed by atoms with E-state index in [0.717, 1.165) is 17.1 Å². The summed E-state index contributed by atoms with van der Waals surface area (Å²) in [5.41, 5.74) is 1.72. The van der Waals surface area contributed by atoms with E-state index in [1.54, 1.807) is 37.9 Å². The molecule has 7 heteroatoms. The first kappa shape index (κ1) is 18.2. The summed E-state index contributed by atoms with van der Waals surface area (Å²) in [6, 6.07) is 6.34. The smallest absolute Gasteiger partial charge is 0.338 e. The molecule has 2 rings (SSSR count). The van der Waals surface area contributed by atoms with Crippen LogP contribution in [-0.2, 0) is 9.53 Å². The number of hydrogen-bond acceptors (Lipinski definition) is 5. The minimum atomic E-state index is -0.545. The Hall–Kier alpha value is -2.15. The average Bonchev–Trinajstić information content (AvgIpc) is 2.58. The molecule has 0 radical (unpaired) electrons. The molecule has 0 saturated heterocycles. The lowest BCUT2D eigenvalue weighted by atomic mass is 9.95. The van der Waals surface area contributed by atoms with Gasteiger partial charge in [-0.25, -0.2) is 9.59 Å². The number of amides is 2. The number of hydrogen-bond donors (Lipinski definition) is 2.